The standard InChI is InChI=1S/C25H21N5O2S/c1-3-12-30-20-7-5-4-6-17(20)25(24(30)31)18(13-26)22(27)32-23-21(25)19(28-29-23)14-33-16-10-8-15(2)9-11-16/h3-11H,1,12,14,27H2,2H3,(H,28,29)/t25-/m1/s1. The largest absolute Gasteiger partial charge is 0.420 e. The number of benzene rings is 2. The molecule has 3 aromatic rings. The first-order chi connectivity index (χ1) is 16.0. The molecule has 0 unspecified atom stereocenters. The fourth-order valence-corrected chi connectivity index (χ4v) is 5.41. The quantitative estimate of drug-likeness (QED) is 0.446. The third-order valence-corrected chi connectivity index (χ3v) is 7.04. The zero-order valence-electron chi connectivity index (χ0n) is 18.0. The number of rotatable bonds is 5. The maximum atomic E-state index is 14.1. The first-order valence-corrected chi connectivity index (χ1v) is 11.4. The summed E-state index contributed by atoms with van der Waals surface area (Å²) < 4.78 is 5.72. The monoisotopic (exact) mass is 455 g/mol. The van der Waals surface area contributed by atoms with Crippen LogP contribution >= 0.6 is 11.8 Å². The Kier molecular flexibility index (Phi) is 4.99. The van der Waals surface area contributed by atoms with Crippen LogP contribution in [0.25, 0.3) is 0 Å². The summed E-state index contributed by atoms with van der Waals surface area (Å²) in [6.45, 7) is 6.14. The molecule has 1 aromatic heterocycles. The van der Waals surface area contributed by atoms with E-state index in [1.54, 1.807) is 22.7 Å². The van der Waals surface area contributed by atoms with E-state index in [1.165, 1.54) is 5.56 Å². The molecule has 33 heavy (non-hydrogen) atoms. The van der Waals surface area contributed by atoms with Gasteiger partial charge in [-0.2, -0.15) is 5.26 Å². The number of carbonyl (C=O) groups excluding carboxylic acids is 1. The van der Waals surface area contributed by atoms with E-state index in [-0.39, 0.29) is 23.2 Å². The summed E-state index contributed by atoms with van der Waals surface area (Å²) in [7, 11) is 0. The van der Waals surface area contributed by atoms with E-state index < -0.39 is 5.41 Å². The van der Waals surface area contributed by atoms with Gasteiger partial charge < -0.3 is 15.4 Å². The lowest BCUT2D eigenvalue weighted by Crippen LogP contribution is -2.46. The number of ether oxygens (including phenoxy) is 1. The Morgan fingerprint density at radius 1 is 1.30 bits per heavy atom. The molecule has 8 heteroatoms. The van der Waals surface area contributed by atoms with Crippen LogP contribution in [0.15, 0.2) is 77.5 Å². The first kappa shape index (κ1) is 20.9. The average molecular weight is 456 g/mol. The molecule has 0 saturated heterocycles. The zero-order valence-corrected chi connectivity index (χ0v) is 18.8. The Morgan fingerprint density at radius 3 is 2.79 bits per heavy atom. The molecule has 3 heterocycles. The molecule has 1 spiro atoms. The number of fused-ring (bicyclic) bond motifs is 4. The van der Waals surface area contributed by atoms with Crippen LogP contribution in [0, 0.1) is 18.3 Å². The highest BCUT2D eigenvalue weighted by Crippen LogP contribution is 2.56. The Bertz CT molecular complexity index is 1350. The number of amides is 1. The molecule has 2 aromatic carbocycles. The van der Waals surface area contributed by atoms with Crippen molar-refractivity contribution in [3.63, 3.8) is 0 Å². The van der Waals surface area contributed by atoms with Gasteiger partial charge in [-0.15, -0.1) is 23.4 Å². The molecule has 164 valence electrons. The number of nitrogens with one attached hydrogen (secondary N) is 1. The van der Waals surface area contributed by atoms with Crippen molar-refractivity contribution in [2.75, 3.05) is 11.4 Å². The fourth-order valence-electron chi connectivity index (χ4n) is 4.56. The van der Waals surface area contributed by atoms with Crippen LogP contribution in [-0.4, -0.2) is 22.6 Å². The number of aromatic nitrogens is 2. The van der Waals surface area contributed by atoms with Gasteiger partial charge in [-0.05, 0) is 25.1 Å². The number of nitrogens with zero attached hydrogens (tertiary/aromatic N) is 3. The molecule has 3 N–H and O–H groups in total. The smallest absolute Gasteiger partial charge is 0.248 e. The fraction of sp³-hybridized carbons (Fsp3) is 0.160. The summed E-state index contributed by atoms with van der Waals surface area (Å²) in [4.78, 5) is 16.8. The van der Waals surface area contributed by atoms with Gasteiger partial charge in [0.15, 0.2) is 0 Å². The number of carbonyl (C=O) groups is 1. The van der Waals surface area contributed by atoms with Gasteiger partial charge in [0.1, 0.15) is 17.1 Å². The molecule has 0 saturated carbocycles. The van der Waals surface area contributed by atoms with E-state index in [0.29, 0.717) is 34.8 Å². The van der Waals surface area contributed by atoms with Gasteiger partial charge in [-0.25, -0.2) is 0 Å². The highest BCUT2D eigenvalue weighted by atomic mass is 32.2. The SMILES string of the molecule is C=CCN1C(=O)[C@@]2(C(C#N)=C(N)Oc3n[nH]c(CSc4ccc(C)cc4)c32)c2ccccc21. The van der Waals surface area contributed by atoms with Crippen LogP contribution in [0.5, 0.6) is 5.88 Å². The van der Waals surface area contributed by atoms with Crippen LogP contribution in [0.3, 0.4) is 0 Å². The van der Waals surface area contributed by atoms with E-state index in [2.05, 4.69) is 47.1 Å². The van der Waals surface area contributed by atoms with Crippen molar-refractivity contribution in [2.45, 2.75) is 23.0 Å². The second kappa shape index (κ2) is 7.87. The summed E-state index contributed by atoms with van der Waals surface area (Å²) in [5.74, 6) is 0.342. The summed E-state index contributed by atoms with van der Waals surface area (Å²) in [6.07, 6.45) is 1.66. The zero-order chi connectivity index (χ0) is 23.2. The minimum Gasteiger partial charge on any atom is -0.420 e. The van der Waals surface area contributed by atoms with Gasteiger partial charge in [-0.3, -0.25) is 9.89 Å². The predicted molar refractivity (Wildman–Crippen MR) is 127 cm³/mol. The second-order valence-electron chi connectivity index (χ2n) is 7.91. The number of para-hydroxylation sites is 1. The third-order valence-electron chi connectivity index (χ3n) is 6.00. The minimum absolute atomic E-state index is 0.0713. The number of aryl methyl sites for hydroxylation is 1. The highest BCUT2D eigenvalue weighted by Gasteiger charge is 2.60. The molecule has 2 aliphatic rings. The third kappa shape index (κ3) is 2.97. The van der Waals surface area contributed by atoms with Crippen molar-refractivity contribution in [1.82, 2.24) is 10.2 Å². The molecule has 2 aliphatic heterocycles. The van der Waals surface area contributed by atoms with Crippen LogP contribution in [0.4, 0.5) is 5.69 Å². The molecular weight excluding hydrogens is 434 g/mol. The van der Waals surface area contributed by atoms with Crippen molar-refractivity contribution in [2.24, 2.45) is 5.73 Å². The average Bonchev–Trinajstić information content (AvgIpc) is 3.33. The maximum Gasteiger partial charge on any atom is 0.248 e. The Balaban J connectivity index is 1.70. The van der Waals surface area contributed by atoms with Crippen molar-refractivity contribution in [3.05, 3.63) is 95.0 Å². The topological polar surface area (TPSA) is 108 Å². The molecule has 7 nitrogen and oxygen atoms in total. The highest BCUT2D eigenvalue weighted by molar-refractivity contribution is 7.98. The van der Waals surface area contributed by atoms with E-state index in [1.807, 2.05) is 31.2 Å². The lowest BCUT2D eigenvalue weighted by atomic mass is 9.69. The van der Waals surface area contributed by atoms with E-state index in [4.69, 9.17) is 10.5 Å². The minimum atomic E-state index is -1.43. The van der Waals surface area contributed by atoms with Gasteiger partial charge in [-0.1, -0.05) is 42.0 Å². The number of anilines is 1. The second-order valence-corrected chi connectivity index (χ2v) is 8.96. The summed E-state index contributed by atoms with van der Waals surface area (Å²) >= 11 is 1.61. The molecule has 0 aliphatic carbocycles. The number of hydrogen-bond acceptors (Lipinski definition) is 6. The number of nitriles is 1. The predicted octanol–water partition coefficient (Wildman–Crippen LogP) is 3.92. The summed E-state index contributed by atoms with van der Waals surface area (Å²) in [6, 6.07) is 17.8. The number of thioether (sulfide) groups is 1. The number of nitrogens with two attached hydrogens (primary N) is 1. The van der Waals surface area contributed by atoms with Crippen LogP contribution < -0.4 is 15.4 Å². The van der Waals surface area contributed by atoms with E-state index >= 15 is 0 Å². The Hall–Kier alpha value is -3.96. The first-order valence-electron chi connectivity index (χ1n) is 10.4. The van der Waals surface area contributed by atoms with Crippen LogP contribution in [0.2, 0.25) is 0 Å². The van der Waals surface area contributed by atoms with Gasteiger partial charge in [0.05, 0.1) is 11.3 Å². The van der Waals surface area contributed by atoms with Crippen molar-refractivity contribution < 1.29 is 9.53 Å². The number of H-pyrrole nitrogens is 1. The molecule has 0 radical (unpaired) electrons. The summed E-state index contributed by atoms with van der Waals surface area (Å²) in [5, 5.41) is 17.5. The van der Waals surface area contributed by atoms with Crippen LogP contribution in [0.1, 0.15) is 22.4 Å². The van der Waals surface area contributed by atoms with Crippen molar-refractivity contribution in [3.8, 4) is 11.9 Å². The lowest BCUT2D eigenvalue weighted by molar-refractivity contribution is -0.120. The summed E-state index contributed by atoms with van der Waals surface area (Å²) in [5.41, 5.74) is 8.64. The molecule has 5 rings (SSSR count). The molecule has 0 fully saturated rings. The number of hydrogen-bond donors (Lipinski definition) is 2. The number of aromatic amines is 1. The Labute approximate surface area is 195 Å². The van der Waals surface area contributed by atoms with Gasteiger partial charge in [0, 0.05) is 28.4 Å². The lowest BCUT2D eigenvalue weighted by Gasteiger charge is -2.32. The molecule has 0 bridgehead atoms. The van der Waals surface area contributed by atoms with Gasteiger partial charge in [0.2, 0.25) is 17.7 Å². The Morgan fingerprint density at radius 2 is 2.06 bits per heavy atom. The normalized spacial score (nSPS) is 18.7. The molecular formula is C25H21N5O2S. The van der Waals surface area contributed by atoms with Gasteiger partial charge >= 0.3 is 0 Å². The van der Waals surface area contributed by atoms with E-state index in [9.17, 15) is 10.1 Å². The van der Waals surface area contributed by atoms with E-state index in [0.717, 1.165) is 4.90 Å². The van der Waals surface area contributed by atoms with Crippen molar-refractivity contribution in [1.29, 1.82) is 5.26 Å². The maximum absolute atomic E-state index is 14.1. The van der Waals surface area contributed by atoms with Crippen molar-refractivity contribution >= 4 is 23.4 Å². The molecule has 1 amide bonds. The van der Waals surface area contributed by atoms with Gasteiger partial charge in [0.25, 0.3) is 0 Å². The van der Waals surface area contributed by atoms with Crippen LogP contribution in [-0.2, 0) is 16.0 Å². The molecule has 1 atom stereocenters.